The summed E-state index contributed by atoms with van der Waals surface area (Å²) in [5.74, 6) is 0. The van der Waals surface area contributed by atoms with Crippen molar-refractivity contribution in [1.29, 1.82) is 0 Å². The van der Waals surface area contributed by atoms with Crippen LogP contribution < -0.4 is 0 Å². The number of rotatable bonds is 6. The van der Waals surface area contributed by atoms with Gasteiger partial charge in [-0.15, -0.1) is 0 Å². The van der Waals surface area contributed by atoms with Crippen molar-refractivity contribution in [2.24, 2.45) is 0 Å². The van der Waals surface area contributed by atoms with E-state index in [4.69, 9.17) is 0 Å². The van der Waals surface area contributed by atoms with Crippen LogP contribution >= 0.6 is 0 Å². The Morgan fingerprint density at radius 1 is 0.692 bits per heavy atom. The zero-order chi connectivity index (χ0) is 18.2. The van der Waals surface area contributed by atoms with Crippen molar-refractivity contribution >= 4 is 11.1 Å². The van der Waals surface area contributed by atoms with Crippen LogP contribution in [0.4, 0.5) is 0 Å². The van der Waals surface area contributed by atoms with Crippen LogP contribution in [0.2, 0.25) is 0 Å². The second-order valence-corrected chi connectivity index (χ2v) is 6.47. The lowest BCUT2D eigenvalue weighted by Crippen LogP contribution is -1.88. The fourth-order valence-corrected chi connectivity index (χ4v) is 3.23. The van der Waals surface area contributed by atoms with E-state index in [-0.39, 0.29) is 0 Å². The van der Waals surface area contributed by atoms with Gasteiger partial charge >= 0.3 is 0 Å². The van der Waals surface area contributed by atoms with Gasteiger partial charge in [-0.05, 0) is 46.7 Å². The van der Waals surface area contributed by atoms with Gasteiger partial charge in [0.25, 0.3) is 0 Å². The predicted octanol–water partition coefficient (Wildman–Crippen LogP) is 7.64. The Balaban J connectivity index is 1.90. The molecule has 26 heavy (non-hydrogen) atoms. The van der Waals surface area contributed by atoms with Crippen LogP contribution in [0.15, 0.2) is 97.1 Å². The lowest BCUT2D eigenvalue weighted by atomic mass is 9.95. The van der Waals surface area contributed by atoms with Gasteiger partial charge in [-0.3, -0.25) is 0 Å². The molecule has 130 valence electrons. The molecule has 0 saturated heterocycles. The van der Waals surface area contributed by atoms with Crippen molar-refractivity contribution < 1.29 is 0 Å². The molecule has 0 N–H and O–H groups in total. The topological polar surface area (TPSA) is 0 Å². The molecule has 3 aromatic carbocycles. The number of hydrogen-bond acceptors (Lipinski definition) is 0. The van der Waals surface area contributed by atoms with Crippen molar-refractivity contribution in [2.45, 2.75) is 26.7 Å². The molecule has 0 aliphatic carbocycles. The molecule has 0 heterocycles. The average molecular weight is 338 g/mol. The van der Waals surface area contributed by atoms with Crippen LogP contribution in [0.5, 0.6) is 0 Å². The molecule has 0 radical (unpaired) electrons. The van der Waals surface area contributed by atoms with E-state index < -0.39 is 0 Å². The van der Waals surface area contributed by atoms with E-state index in [9.17, 15) is 0 Å². The SMILES string of the molecule is C/C=C(\C=C(/CCC)c1ccccc1)c1ccc(-c2ccccc2)cc1. The Bertz CT molecular complexity index is 866. The summed E-state index contributed by atoms with van der Waals surface area (Å²) in [6.07, 6.45) is 6.78. The molecule has 0 heteroatoms. The van der Waals surface area contributed by atoms with Gasteiger partial charge in [-0.2, -0.15) is 0 Å². The third-order valence-electron chi connectivity index (χ3n) is 4.63. The van der Waals surface area contributed by atoms with Crippen LogP contribution in [-0.4, -0.2) is 0 Å². The van der Waals surface area contributed by atoms with Crippen LogP contribution in [0.25, 0.3) is 22.3 Å². The standard InChI is InChI=1S/C26H26/c1-3-11-26(23-14-9-6-10-15-23)20-21(4-2)24-16-18-25(19-17-24)22-12-7-5-8-13-22/h4-10,12-20H,3,11H2,1-2H3/b21-4+,26-20+. The second kappa shape index (κ2) is 9.01. The molecule has 0 atom stereocenters. The average Bonchev–Trinajstić information content (AvgIpc) is 2.72. The van der Waals surface area contributed by atoms with Gasteiger partial charge in [0, 0.05) is 0 Å². The molecule has 0 fully saturated rings. The van der Waals surface area contributed by atoms with Crippen LogP contribution in [-0.2, 0) is 0 Å². The number of benzene rings is 3. The molecule has 0 amide bonds. The second-order valence-electron chi connectivity index (χ2n) is 6.47. The first-order chi connectivity index (χ1) is 12.8. The monoisotopic (exact) mass is 338 g/mol. The van der Waals surface area contributed by atoms with Crippen molar-refractivity contribution in [3.63, 3.8) is 0 Å². The maximum Gasteiger partial charge on any atom is -0.0184 e. The van der Waals surface area contributed by atoms with Crippen LogP contribution in [0.3, 0.4) is 0 Å². The lowest BCUT2D eigenvalue weighted by Gasteiger charge is -2.10. The first kappa shape index (κ1) is 17.9. The predicted molar refractivity (Wildman–Crippen MR) is 115 cm³/mol. The summed E-state index contributed by atoms with van der Waals surface area (Å²) in [5, 5.41) is 0. The normalized spacial score (nSPS) is 12.2. The molecule has 3 aromatic rings. The highest BCUT2D eigenvalue weighted by atomic mass is 14.1. The van der Waals surface area contributed by atoms with Crippen molar-refractivity contribution in [1.82, 2.24) is 0 Å². The summed E-state index contributed by atoms with van der Waals surface area (Å²) in [4.78, 5) is 0. The Morgan fingerprint density at radius 3 is 1.85 bits per heavy atom. The summed E-state index contributed by atoms with van der Waals surface area (Å²) in [5.41, 5.74) is 7.76. The number of allylic oxidation sites excluding steroid dienone is 4. The maximum absolute atomic E-state index is 2.34. The minimum atomic E-state index is 1.09. The summed E-state index contributed by atoms with van der Waals surface area (Å²) < 4.78 is 0. The molecule has 0 spiro atoms. The smallest absolute Gasteiger partial charge is 0.0184 e. The first-order valence-electron chi connectivity index (χ1n) is 9.40. The van der Waals surface area contributed by atoms with Crippen molar-refractivity contribution in [2.75, 3.05) is 0 Å². The summed E-state index contributed by atoms with van der Waals surface area (Å²) >= 11 is 0. The molecule has 0 aliphatic rings. The highest BCUT2D eigenvalue weighted by molar-refractivity contribution is 5.84. The van der Waals surface area contributed by atoms with Crippen molar-refractivity contribution in [3.05, 3.63) is 108 Å². The molecular weight excluding hydrogens is 312 g/mol. The van der Waals surface area contributed by atoms with E-state index >= 15 is 0 Å². The van der Waals surface area contributed by atoms with Gasteiger partial charge < -0.3 is 0 Å². The zero-order valence-electron chi connectivity index (χ0n) is 15.7. The zero-order valence-corrected chi connectivity index (χ0v) is 15.7. The Labute approximate surface area is 157 Å². The summed E-state index contributed by atoms with van der Waals surface area (Å²) in [6.45, 7) is 4.35. The van der Waals surface area contributed by atoms with E-state index in [1.165, 1.54) is 33.4 Å². The molecule has 0 nitrogen and oxygen atoms in total. The molecule has 0 unspecified atom stereocenters. The van der Waals surface area contributed by atoms with E-state index in [0.29, 0.717) is 0 Å². The van der Waals surface area contributed by atoms with Gasteiger partial charge in [-0.25, -0.2) is 0 Å². The van der Waals surface area contributed by atoms with E-state index in [2.05, 4.69) is 111 Å². The van der Waals surface area contributed by atoms with Crippen LogP contribution in [0.1, 0.15) is 37.8 Å². The van der Waals surface area contributed by atoms with Crippen molar-refractivity contribution in [3.8, 4) is 11.1 Å². The summed E-state index contributed by atoms with van der Waals surface area (Å²) in [7, 11) is 0. The molecule has 0 saturated carbocycles. The van der Waals surface area contributed by atoms with E-state index in [1.807, 2.05) is 0 Å². The third kappa shape index (κ3) is 4.40. The Hall–Kier alpha value is -2.86. The largest absolute Gasteiger partial charge is 0.0798 e. The molecule has 0 aromatic heterocycles. The molecule has 0 bridgehead atoms. The summed E-state index contributed by atoms with van der Waals surface area (Å²) in [6, 6.07) is 30.1. The quantitative estimate of drug-likeness (QED) is 0.405. The highest BCUT2D eigenvalue weighted by Gasteiger charge is 2.05. The minimum absolute atomic E-state index is 1.09. The Morgan fingerprint density at radius 2 is 1.27 bits per heavy atom. The van der Waals surface area contributed by atoms with E-state index in [1.54, 1.807) is 0 Å². The molecule has 0 aliphatic heterocycles. The first-order valence-corrected chi connectivity index (χ1v) is 9.40. The molecule has 3 rings (SSSR count). The highest BCUT2D eigenvalue weighted by Crippen LogP contribution is 2.27. The van der Waals surface area contributed by atoms with Gasteiger partial charge in [0.15, 0.2) is 0 Å². The fraction of sp³-hybridized carbons (Fsp3) is 0.154. The van der Waals surface area contributed by atoms with Gasteiger partial charge in [-0.1, -0.05) is 110 Å². The number of hydrogen-bond donors (Lipinski definition) is 0. The Kier molecular flexibility index (Phi) is 6.22. The van der Waals surface area contributed by atoms with Gasteiger partial charge in [0.05, 0.1) is 0 Å². The minimum Gasteiger partial charge on any atom is -0.0798 e. The fourth-order valence-electron chi connectivity index (χ4n) is 3.23. The maximum atomic E-state index is 2.34. The van der Waals surface area contributed by atoms with E-state index in [0.717, 1.165) is 12.8 Å². The van der Waals surface area contributed by atoms with Gasteiger partial charge in [0.2, 0.25) is 0 Å². The lowest BCUT2D eigenvalue weighted by molar-refractivity contribution is 0.973. The van der Waals surface area contributed by atoms with Crippen LogP contribution in [0, 0.1) is 0 Å². The van der Waals surface area contributed by atoms with Gasteiger partial charge in [0.1, 0.15) is 0 Å². The third-order valence-corrected chi connectivity index (χ3v) is 4.63. The molecular formula is C26H26.